The van der Waals surface area contributed by atoms with E-state index in [1.807, 2.05) is 0 Å². The summed E-state index contributed by atoms with van der Waals surface area (Å²) in [6.07, 6.45) is -4.79. The zero-order valence-electron chi connectivity index (χ0n) is 5.48. The van der Waals surface area contributed by atoms with E-state index >= 15 is 0 Å². The molecule has 0 saturated carbocycles. The van der Waals surface area contributed by atoms with Crippen molar-refractivity contribution in [1.29, 1.82) is 0 Å². The number of hydrogen-bond donors (Lipinski definition) is 0. The number of thiophene rings is 1. The highest BCUT2D eigenvalue weighted by Crippen LogP contribution is 2.28. The highest BCUT2D eigenvalue weighted by molar-refractivity contribution is 9.10. The normalized spacial score (nSPS) is 11.7. The van der Waals surface area contributed by atoms with E-state index in [0.29, 0.717) is 0 Å². The molecule has 0 aliphatic rings. The zero-order valence-corrected chi connectivity index (χ0v) is 7.89. The molecule has 0 saturated heterocycles. The van der Waals surface area contributed by atoms with Crippen LogP contribution in [0.5, 0.6) is 0 Å². The molecule has 66 valence electrons. The van der Waals surface area contributed by atoms with Crippen LogP contribution in [-0.4, -0.2) is 12.0 Å². The van der Waals surface area contributed by atoms with E-state index in [4.69, 9.17) is 0 Å². The maximum absolute atomic E-state index is 11.8. The van der Waals surface area contributed by atoms with Gasteiger partial charge in [0.2, 0.25) is 0 Å². The van der Waals surface area contributed by atoms with Crippen LogP contribution in [0.1, 0.15) is 10.4 Å². The Morgan fingerprint density at radius 2 is 2.00 bits per heavy atom. The van der Waals surface area contributed by atoms with Crippen molar-refractivity contribution in [3.63, 3.8) is 0 Å². The summed E-state index contributed by atoms with van der Waals surface area (Å²) in [6.45, 7) is 0. The number of carbonyl (C=O) groups is 1. The zero-order chi connectivity index (χ0) is 9.35. The van der Waals surface area contributed by atoms with Crippen molar-refractivity contribution in [2.24, 2.45) is 0 Å². The van der Waals surface area contributed by atoms with Crippen LogP contribution in [0.3, 0.4) is 0 Å². The van der Waals surface area contributed by atoms with Crippen molar-refractivity contribution in [3.05, 3.63) is 20.8 Å². The highest BCUT2D eigenvalue weighted by Gasteiger charge is 2.40. The van der Waals surface area contributed by atoms with Crippen molar-refractivity contribution < 1.29 is 18.0 Å². The fraction of sp³-hybridized carbons (Fsp3) is 0.167. The summed E-state index contributed by atoms with van der Waals surface area (Å²) in [6, 6.07) is 0. The van der Waals surface area contributed by atoms with Gasteiger partial charge in [-0.1, -0.05) is 0 Å². The first kappa shape index (κ1) is 9.73. The van der Waals surface area contributed by atoms with E-state index < -0.39 is 12.0 Å². The first-order valence-corrected chi connectivity index (χ1v) is 4.49. The van der Waals surface area contributed by atoms with E-state index in [1.165, 1.54) is 10.8 Å². The SMILES string of the molecule is O=C(c1cscc1Br)C(F)(F)F. The number of carbonyl (C=O) groups excluding carboxylic acids is 1. The lowest BCUT2D eigenvalue weighted by molar-refractivity contribution is -0.0885. The molecule has 0 N–H and O–H groups in total. The van der Waals surface area contributed by atoms with E-state index in [-0.39, 0.29) is 10.0 Å². The summed E-state index contributed by atoms with van der Waals surface area (Å²) in [5.74, 6) is -1.81. The Morgan fingerprint density at radius 3 is 2.33 bits per heavy atom. The summed E-state index contributed by atoms with van der Waals surface area (Å²) in [5.41, 5.74) is -0.326. The molecule has 0 spiro atoms. The van der Waals surface area contributed by atoms with Gasteiger partial charge >= 0.3 is 6.18 Å². The number of Topliss-reactive ketones (excluding diaryl/α,β-unsaturated/α-hetero) is 1. The van der Waals surface area contributed by atoms with Crippen molar-refractivity contribution in [1.82, 2.24) is 0 Å². The molecule has 1 heterocycles. The molecule has 0 aliphatic heterocycles. The third kappa shape index (κ3) is 1.87. The maximum atomic E-state index is 11.8. The maximum Gasteiger partial charge on any atom is 0.454 e. The molecule has 6 heteroatoms. The third-order valence-corrected chi connectivity index (χ3v) is 2.82. The lowest BCUT2D eigenvalue weighted by Crippen LogP contribution is -2.22. The Hall–Kier alpha value is -0.360. The van der Waals surface area contributed by atoms with Crippen LogP contribution in [0.2, 0.25) is 0 Å². The van der Waals surface area contributed by atoms with Crippen LogP contribution in [0.15, 0.2) is 15.2 Å². The van der Waals surface area contributed by atoms with E-state index in [9.17, 15) is 18.0 Å². The molecular formula is C6H2BrF3OS. The van der Waals surface area contributed by atoms with Crippen molar-refractivity contribution >= 4 is 33.0 Å². The number of halogens is 4. The molecule has 0 aliphatic carbocycles. The average molecular weight is 259 g/mol. The summed E-state index contributed by atoms with van der Waals surface area (Å²) in [7, 11) is 0. The fourth-order valence-electron chi connectivity index (χ4n) is 0.596. The second-order valence-electron chi connectivity index (χ2n) is 1.96. The minimum Gasteiger partial charge on any atom is -0.284 e. The van der Waals surface area contributed by atoms with E-state index in [0.717, 1.165) is 11.3 Å². The predicted molar refractivity (Wildman–Crippen MR) is 42.4 cm³/mol. The Balaban J connectivity index is 3.01. The lowest BCUT2D eigenvalue weighted by atomic mass is 10.2. The smallest absolute Gasteiger partial charge is 0.284 e. The molecule has 0 fully saturated rings. The Kier molecular flexibility index (Phi) is 2.58. The van der Waals surface area contributed by atoms with Gasteiger partial charge in [0.05, 0.1) is 5.56 Å². The summed E-state index contributed by atoms with van der Waals surface area (Å²) >= 11 is 3.89. The monoisotopic (exact) mass is 258 g/mol. The van der Waals surface area contributed by atoms with Crippen LogP contribution in [-0.2, 0) is 0 Å². The molecule has 1 nitrogen and oxygen atoms in total. The molecule has 0 aromatic carbocycles. The minimum absolute atomic E-state index is 0.190. The third-order valence-electron chi connectivity index (χ3n) is 1.12. The van der Waals surface area contributed by atoms with Gasteiger partial charge in [-0.3, -0.25) is 4.79 Å². The summed E-state index contributed by atoms with van der Waals surface area (Å²) in [5, 5.41) is 2.60. The van der Waals surface area contributed by atoms with E-state index in [1.54, 1.807) is 0 Å². The molecule has 0 amide bonds. The first-order chi connectivity index (χ1) is 5.43. The number of hydrogen-bond acceptors (Lipinski definition) is 2. The van der Waals surface area contributed by atoms with Gasteiger partial charge in [0.25, 0.3) is 5.78 Å². The van der Waals surface area contributed by atoms with E-state index in [2.05, 4.69) is 15.9 Å². The summed E-state index contributed by atoms with van der Waals surface area (Å²) in [4.78, 5) is 10.6. The standard InChI is InChI=1S/C6H2BrF3OS/c7-4-2-12-1-3(4)5(11)6(8,9)10/h1-2H. The van der Waals surface area contributed by atoms with Gasteiger partial charge in [-0.2, -0.15) is 24.5 Å². The molecular weight excluding hydrogens is 257 g/mol. The first-order valence-electron chi connectivity index (χ1n) is 2.76. The topological polar surface area (TPSA) is 17.1 Å². The average Bonchev–Trinajstić information content (AvgIpc) is 2.31. The van der Waals surface area contributed by atoms with Crippen molar-refractivity contribution in [2.45, 2.75) is 6.18 Å². The van der Waals surface area contributed by atoms with Gasteiger partial charge in [0.15, 0.2) is 0 Å². The van der Waals surface area contributed by atoms with Crippen LogP contribution < -0.4 is 0 Å². The van der Waals surface area contributed by atoms with Gasteiger partial charge < -0.3 is 0 Å². The minimum atomic E-state index is -4.79. The van der Waals surface area contributed by atoms with Crippen LogP contribution >= 0.6 is 27.3 Å². The lowest BCUT2D eigenvalue weighted by Gasteiger charge is -2.02. The van der Waals surface area contributed by atoms with Crippen LogP contribution in [0.4, 0.5) is 13.2 Å². The van der Waals surface area contributed by atoms with Crippen molar-refractivity contribution in [3.8, 4) is 0 Å². The van der Waals surface area contributed by atoms with Gasteiger partial charge in [-0.05, 0) is 15.9 Å². The Bertz CT molecular complexity index is 304. The van der Waals surface area contributed by atoms with Gasteiger partial charge in [0, 0.05) is 15.2 Å². The van der Waals surface area contributed by atoms with Crippen LogP contribution in [0, 0.1) is 0 Å². The molecule has 0 unspecified atom stereocenters. The predicted octanol–water partition coefficient (Wildman–Crippen LogP) is 3.26. The molecule has 1 aromatic rings. The molecule has 0 atom stereocenters. The number of rotatable bonds is 1. The Morgan fingerprint density at radius 1 is 1.42 bits per heavy atom. The largest absolute Gasteiger partial charge is 0.454 e. The van der Waals surface area contributed by atoms with Crippen molar-refractivity contribution in [2.75, 3.05) is 0 Å². The molecule has 1 rings (SSSR count). The van der Waals surface area contributed by atoms with Gasteiger partial charge in [-0.15, -0.1) is 0 Å². The second-order valence-corrected chi connectivity index (χ2v) is 3.56. The van der Waals surface area contributed by atoms with Gasteiger partial charge in [0.1, 0.15) is 0 Å². The Labute approximate surface area is 78.3 Å². The second kappa shape index (κ2) is 3.18. The van der Waals surface area contributed by atoms with Crippen LogP contribution in [0.25, 0.3) is 0 Å². The molecule has 0 bridgehead atoms. The molecule has 0 radical (unpaired) electrons. The summed E-state index contributed by atoms with van der Waals surface area (Å²) < 4.78 is 35.7. The highest BCUT2D eigenvalue weighted by atomic mass is 79.9. The quantitative estimate of drug-likeness (QED) is 0.707. The molecule has 12 heavy (non-hydrogen) atoms. The fourth-order valence-corrected chi connectivity index (χ4v) is 2.05. The number of ketones is 1. The molecule has 1 aromatic heterocycles. The number of alkyl halides is 3. The van der Waals surface area contributed by atoms with Gasteiger partial charge in [-0.25, -0.2) is 0 Å².